The molecule has 0 radical (unpaired) electrons. The van der Waals surface area contributed by atoms with E-state index < -0.39 is 0 Å². The predicted molar refractivity (Wildman–Crippen MR) is 52.5 cm³/mol. The van der Waals surface area contributed by atoms with Gasteiger partial charge in [-0.25, -0.2) is 4.98 Å². The summed E-state index contributed by atoms with van der Waals surface area (Å²) in [7, 11) is 0. The SMILES string of the molecule is OCCn1ccnc1-c1cccnc1. The molecule has 0 spiro atoms. The number of aromatic nitrogens is 3. The molecule has 72 valence electrons. The molecule has 4 nitrogen and oxygen atoms in total. The molecule has 0 atom stereocenters. The third-order valence-electron chi connectivity index (χ3n) is 1.98. The first kappa shape index (κ1) is 8.90. The second kappa shape index (κ2) is 4.02. The van der Waals surface area contributed by atoms with Gasteiger partial charge in [-0.3, -0.25) is 4.98 Å². The van der Waals surface area contributed by atoms with Crippen LogP contribution in [0.25, 0.3) is 11.4 Å². The maximum absolute atomic E-state index is 8.85. The van der Waals surface area contributed by atoms with E-state index in [4.69, 9.17) is 5.11 Å². The number of imidazole rings is 1. The molecule has 2 heterocycles. The van der Waals surface area contributed by atoms with Gasteiger partial charge in [-0.15, -0.1) is 0 Å². The molecule has 0 unspecified atom stereocenters. The van der Waals surface area contributed by atoms with Gasteiger partial charge in [-0.2, -0.15) is 0 Å². The summed E-state index contributed by atoms with van der Waals surface area (Å²) in [5.41, 5.74) is 0.964. The molecule has 2 aromatic rings. The Kier molecular flexibility index (Phi) is 2.55. The second-order valence-corrected chi connectivity index (χ2v) is 2.91. The predicted octanol–water partition coefficient (Wildman–Crippen LogP) is 0.937. The van der Waals surface area contributed by atoms with Gasteiger partial charge in [-0.1, -0.05) is 0 Å². The Morgan fingerprint density at radius 3 is 3.00 bits per heavy atom. The van der Waals surface area contributed by atoms with Crippen LogP contribution < -0.4 is 0 Å². The lowest BCUT2D eigenvalue weighted by Gasteiger charge is -2.04. The van der Waals surface area contributed by atoms with E-state index in [1.165, 1.54) is 0 Å². The smallest absolute Gasteiger partial charge is 0.141 e. The lowest BCUT2D eigenvalue weighted by molar-refractivity contribution is 0.276. The molecular weight excluding hydrogens is 178 g/mol. The number of hydrogen-bond acceptors (Lipinski definition) is 3. The highest BCUT2D eigenvalue weighted by Crippen LogP contribution is 2.14. The number of nitrogens with zero attached hydrogens (tertiary/aromatic N) is 3. The summed E-state index contributed by atoms with van der Waals surface area (Å²) in [4.78, 5) is 8.24. The highest BCUT2D eigenvalue weighted by Gasteiger charge is 2.04. The Labute approximate surface area is 81.9 Å². The molecule has 0 saturated heterocycles. The van der Waals surface area contributed by atoms with Gasteiger partial charge in [0.1, 0.15) is 5.82 Å². The van der Waals surface area contributed by atoms with Crippen LogP contribution in [-0.2, 0) is 6.54 Å². The highest BCUT2D eigenvalue weighted by molar-refractivity contribution is 5.53. The maximum atomic E-state index is 8.85. The van der Waals surface area contributed by atoms with Crippen molar-refractivity contribution in [2.24, 2.45) is 0 Å². The first-order chi connectivity index (χ1) is 6.92. The van der Waals surface area contributed by atoms with Crippen molar-refractivity contribution in [1.29, 1.82) is 0 Å². The Hall–Kier alpha value is -1.68. The van der Waals surface area contributed by atoms with Crippen molar-refractivity contribution in [2.45, 2.75) is 6.54 Å². The quantitative estimate of drug-likeness (QED) is 0.781. The van der Waals surface area contributed by atoms with E-state index in [1.54, 1.807) is 18.6 Å². The van der Waals surface area contributed by atoms with Gasteiger partial charge in [0.15, 0.2) is 0 Å². The topological polar surface area (TPSA) is 50.9 Å². The summed E-state index contributed by atoms with van der Waals surface area (Å²) in [5.74, 6) is 0.840. The van der Waals surface area contributed by atoms with Crippen molar-refractivity contribution in [2.75, 3.05) is 6.61 Å². The first-order valence-electron chi connectivity index (χ1n) is 4.44. The number of pyridine rings is 1. The van der Waals surface area contributed by atoms with E-state index in [2.05, 4.69) is 9.97 Å². The minimum absolute atomic E-state index is 0.115. The third-order valence-corrected chi connectivity index (χ3v) is 1.98. The lowest BCUT2D eigenvalue weighted by atomic mass is 10.3. The molecule has 0 bridgehead atoms. The summed E-state index contributed by atoms with van der Waals surface area (Å²) < 4.78 is 1.90. The summed E-state index contributed by atoms with van der Waals surface area (Å²) in [6, 6.07) is 3.82. The van der Waals surface area contributed by atoms with E-state index in [1.807, 2.05) is 22.9 Å². The van der Waals surface area contributed by atoms with E-state index in [-0.39, 0.29) is 6.61 Å². The molecule has 0 saturated carbocycles. The molecule has 2 rings (SSSR count). The standard InChI is InChI=1S/C10H11N3O/c14-7-6-13-5-4-12-10(13)9-2-1-3-11-8-9/h1-5,8,14H,6-7H2. The van der Waals surface area contributed by atoms with Gasteiger partial charge in [0.25, 0.3) is 0 Å². The fourth-order valence-corrected chi connectivity index (χ4v) is 1.35. The van der Waals surface area contributed by atoms with Crippen LogP contribution in [0.3, 0.4) is 0 Å². The number of rotatable bonds is 3. The van der Waals surface area contributed by atoms with E-state index in [9.17, 15) is 0 Å². The van der Waals surface area contributed by atoms with Crippen LogP contribution in [0.4, 0.5) is 0 Å². The molecule has 1 N–H and O–H groups in total. The zero-order valence-electron chi connectivity index (χ0n) is 7.67. The first-order valence-corrected chi connectivity index (χ1v) is 4.44. The summed E-state index contributed by atoms with van der Waals surface area (Å²) >= 11 is 0. The Morgan fingerprint density at radius 1 is 1.36 bits per heavy atom. The molecule has 0 aromatic carbocycles. The van der Waals surface area contributed by atoms with E-state index >= 15 is 0 Å². The normalized spacial score (nSPS) is 10.4. The summed E-state index contributed by atoms with van der Waals surface area (Å²) in [6.07, 6.45) is 7.05. The van der Waals surface area contributed by atoms with Gasteiger partial charge in [0.05, 0.1) is 6.61 Å². The van der Waals surface area contributed by atoms with Gasteiger partial charge in [-0.05, 0) is 12.1 Å². The minimum Gasteiger partial charge on any atom is -0.395 e. The van der Waals surface area contributed by atoms with Crippen LogP contribution in [0.5, 0.6) is 0 Å². The molecule has 2 aromatic heterocycles. The monoisotopic (exact) mass is 189 g/mol. The molecule has 0 amide bonds. The second-order valence-electron chi connectivity index (χ2n) is 2.91. The van der Waals surface area contributed by atoms with Crippen molar-refractivity contribution < 1.29 is 5.11 Å². The minimum atomic E-state index is 0.115. The Bertz CT molecular complexity index is 397. The van der Waals surface area contributed by atoms with Crippen LogP contribution >= 0.6 is 0 Å². The number of aliphatic hydroxyl groups is 1. The molecule has 0 aliphatic carbocycles. The van der Waals surface area contributed by atoms with E-state index in [0.717, 1.165) is 11.4 Å². The van der Waals surface area contributed by atoms with Crippen LogP contribution in [0.1, 0.15) is 0 Å². The molecule has 0 aliphatic rings. The fourth-order valence-electron chi connectivity index (χ4n) is 1.35. The summed E-state index contributed by atoms with van der Waals surface area (Å²) in [6.45, 7) is 0.674. The van der Waals surface area contributed by atoms with Crippen LogP contribution in [0, 0.1) is 0 Å². The van der Waals surface area contributed by atoms with Gasteiger partial charge in [0, 0.05) is 36.9 Å². The zero-order chi connectivity index (χ0) is 9.80. The maximum Gasteiger partial charge on any atom is 0.141 e. The molecule has 0 fully saturated rings. The highest BCUT2D eigenvalue weighted by atomic mass is 16.3. The Balaban J connectivity index is 2.37. The van der Waals surface area contributed by atoms with Crippen molar-refractivity contribution in [3.63, 3.8) is 0 Å². The van der Waals surface area contributed by atoms with Crippen LogP contribution in [0.2, 0.25) is 0 Å². The van der Waals surface area contributed by atoms with Crippen molar-refractivity contribution >= 4 is 0 Å². The largest absolute Gasteiger partial charge is 0.395 e. The van der Waals surface area contributed by atoms with Gasteiger partial charge >= 0.3 is 0 Å². The molecule has 14 heavy (non-hydrogen) atoms. The summed E-state index contributed by atoms with van der Waals surface area (Å²) in [5, 5.41) is 8.85. The molecule has 0 aliphatic heterocycles. The van der Waals surface area contributed by atoms with Gasteiger partial charge < -0.3 is 9.67 Å². The molecule has 4 heteroatoms. The Morgan fingerprint density at radius 2 is 2.29 bits per heavy atom. The van der Waals surface area contributed by atoms with Crippen LogP contribution in [0.15, 0.2) is 36.9 Å². The van der Waals surface area contributed by atoms with Crippen molar-refractivity contribution in [1.82, 2.24) is 14.5 Å². The zero-order valence-corrected chi connectivity index (χ0v) is 7.67. The lowest BCUT2D eigenvalue weighted by Crippen LogP contribution is -2.02. The average Bonchev–Trinajstić information content (AvgIpc) is 2.68. The van der Waals surface area contributed by atoms with E-state index in [0.29, 0.717) is 6.54 Å². The van der Waals surface area contributed by atoms with Crippen LogP contribution in [-0.4, -0.2) is 26.2 Å². The van der Waals surface area contributed by atoms with Crippen molar-refractivity contribution in [3.8, 4) is 11.4 Å². The average molecular weight is 189 g/mol. The number of aliphatic hydroxyl groups excluding tert-OH is 1. The van der Waals surface area contributed by atoms with Crippen molar-refractivity contribution in [3.05, 3.63) is 36.9 Å². The molecular formula is C10H11N3O. The number of hydrogen-bond donors (Lipinski definition) is 1. The van der Waals surface area contributed by atoms with Gasteiger partial charge in [0.2, 0.25) is 0 Å². The third kappa shape index (κ3) is 1.65. The fraction of sp³-hybridized carbons (Fsp3) is 0.200.